The molecule has 0 radical (unpaired) electrons. The second-order valence-electron chi connectivity index (χ2n) is 8.59. The van der Waals surface area contributed by atoms with Crippen molar-refractivity contribution in [1.29, 1.82) is 0 Å². The van der Waals surface area contributed by atoms with Gasteiger partial charge in [0.2, 0.25) is 0 Å². The molecule has 6 rings (SSSR count). The average Bonchev–Trinajstić information content (AvgIpc) is 2.63. The number of carbonyl (C=O) groups is 1. The first-order chi connectivity index (χ1) is 12.6. The Labute approximate surface area is 168 Å². The summed E-state index contributed by atoms with van der Waals surface area (Å²) >= 11 is 2.27. The Bertz CT molecular complexity index is 810. The molecule has 4 aliphatic carbocycles. The number of hydrogen-bond acceptors (Lipinski definition) is 2. The zero-order chi connectivity index (χ0) is 17.7. The Morgan fingerprint density at radius 2 is 1.62 bits per heavy atom. The topological polar surface area (TPSA) is 42.0 Å². The number of hydrogen-bond donors (Lipinski definition) is 1. The van der Waals surface area contributed by atoms with E-state index in [1.807, 2.05) is 36.5 Å². The molecule has 0 aliphatic heterocycles. The molecular formula is C22H23IN2O. The van der Waals surface area contributed by atoms with Crippen LogP contribution in [0.1, 0.15) is 54.6 Å². The third kappa shape index (κ3) is 2.96. The molecule has 4 bridgehead atoms. The zero-order valence-electron chi connectivity index (χ0n) is 14.7. The molecule has 1 N–H and O–H groups in total. The number of amides is 1. The van der Waals surface area contributed by atoms with Gasteiger partial charge in [-0.15, -0.1) is 0 Å². The van der Waals surface area contributed by atoms with E-state index in [2.05, 4.69) is 34.0 Å². The molecule has 0 atom stereocenters. The second-order valence-corrected chi connectivity index (χ2v) is 9.83. The van der Waals surface area contributed by atoms with Crippen molar-refractivity contribution in [2.24, 2.45) is 17.8 Å². The standard InChI is InChI=1S/C22H23IN2O/c23-18-1-3-19(4-2-18)25-21(26)17-5-6-24-20(10-17)22-11-14-7-15(12-22)9-16(8-14)13-22/h1-6,10,14-16H,7-9,11-13H2,(H,25,26). The molecule has 3 nitrogen and oxygen atoms in total. The maximum atomic E-state index is 12.7. The van der Waals surface area contributed by atoms with Crippen LogP contribution in [0.5, 0.6) is 0 Å². The van der Waals surface area contributed by atoms with E-state index in [0.29, 0.717) is 0 Å². The molecule has 0 spiro atoms. The molecule has 1 aromatic heterocycles. The van der Waals surface area contributed by atoms with E-state index in [0.717, 1.165) is 38.3 Å². The lowest BCUT2D eigenvalue weighted by atomic mass is 9.48. The van der Waals surface area contributed by atoms with Crippen molar-refractivity contribution in [3.8, 4) is 0 Å². The van der Waals surface area contributed by atoms with Crippen molar-refractivity contribution in [3.63, 3.8) is 0 Å². The highest BCUT2D eigenvalue weighted by Gasteiger charge is 2.52. The van der Waals surface area contributed by atoms with Crippen LogP contribution < -0.4 is 5.32 Å². The van der Waals surface area contributed by atoms with Gasteiger partial charge in [0.15, 0.2) is 0 Å². The van der Waals surface area contributed by atoms with E-state index in [1.54, 1.807) is 0 Å². The van der Waals surface area contributed by atoms with E-state index in [-0.39, 0.29) is 11.3 Å². The van der Waals surface area contributed by atoms with E-state index in [4.69, 9.17) is 4.98 Å². The summed E-state index contributed by atoms with van der Waals surface area (Å²) in [5.74, 6) is 2.60. The Hall–Kier alpha value is -1.43. The van der Waals surface area contributed by atoms with Crippen LogP contribution in [-0.4, -0.2) is 10.9 Å². The summed E-state index contributed by atoms with van der Waals surface area (Å²) in [6, 6.07) is 11.8. The summed E-state index contributed by atoms with van der Waals surface area (Å²) in [7, 11) is 0. The van der Waals surface area contributed by atoms with E-state index >= 15 is 0 Å². The number of anilines is 1. The number of pyridine rings is 1. The van der Waals surface area contributed by atoms with Gasteiger partial charge in [0.05, 0.1) is 0 Å². The Balaban J connectivity index is 1.40. The van der Waals surface area contributed by atoms with Gasteiger partial charge in [-0.25, -0.2) is 0 Å². The van der Waals surface area contributed by atoms with Crippen LogP contribution in [-0.2, 0) is 5.41 Å². The summed E-state index contributed by atoms with van der Waals surface area (Å²) in [5.41, 5.74) is 2.95. The van der Waals surface area contributed by atoms with Gasteiger partial charge in [-0.3, -0.25) is 9.78 Å². The normalized spacial score (nSPS) is 31.8. The van der Waals surface area contributed by atoms with E-state index in [9.17, 15) is 4.79 Å². The Morgan fingerprint density at radius 1 is 1.00 bits per heavy atom. The van der Waals surface area contributed by atoms with Crippen LogP contribution in [0.2, 0.25) is 0 Å². The van der Waals surface area contributed by atoms with Crippen molar-refractivity contribution < 1.29 is 4.79 Å². The van der Waals surface area contributed by atoms with Gasteiger partial charge in [0, 0.05) is 32.1 Å². The highest BCUT2D eigenvalue weighted by atomic mass is 127. The minimum absolute atomic E-state index is 0.0420. The summed E-state index contributed by atoms with van der Waals surface area (Å²) in [5, 5.41) is 3.02. The first kappa shape index (κ1) is 16.7. The summed E-state index contributed by atoms with van der Waals surface area (Å²) in [6.45, 7) is 0. The van der Waals surface area contributed by atoms with Crippen LogP contribution in [0.25, 0.3) is 0 Å². The molecule has 0 unspecified atom stereocenters. The van der Waals surface area contributed by atoms with Gasteiger partial charge in [-0.05, 0) is 115 Å². The number of benzene rings is 1. The summed E-state index contributed by atoms with van der Waals surface area (Å²) in [4.78, 5) is 17.5. The van der Waals surface area contributed by atoms with Crippen LogP contribution in [0.4, 0.5) is 5.69 Å². The summed E-state index contributed by atoms with van der Waals surface area (Å²) in [6.07, 6.45) is 9.91. The molecule has 134 valence electrons. The third-order valence-electron chi connectivity index (χ3n) is 6.71. The van der Waals surface area contributed by atoms with Gasteiger partial charge in [0.1, 0.15) is 0 Å². The van der Waals surface area contributed by atoms with Crippen LogP contribution in [0.15, 0.2) is 42.6 Å². The molecule has 4 heteroatoms. The minimum Gasteiger partial charge on any atom is -0.322 e. The van der Waals surface area contributed by atoms with Crippen LogP contribution >= 0.6 is 22.6 Å². The van der Waals surface area contributed by atoms with Crippen LogP contribution in [0.3, 0.4) is 0 Å². The zero-order valence-corrected chi connectivity index (χ0v) is 16.9. The molecular weight excluding hydrogens is 435 g/mol. The number of carbonyl (C=O) groups excluding carboxylic acids is 1. The van der Waals surface area contributed by atoms with Gasteiger partial charge in [-0.1, -0.05) is 0 Å². The lowest BCUT2D eigenvalue weighted by Crippen LogP contribution is -2.49. The molecule has 1 amide bonds. The number of nitrogens with one attached hydrogen (secondary N) is 1. The highest BCUT2D eigenvalue weighted by Crippen LogP contribution is 2.60. The number of rotatable bonds is 3. The molecule has 1 aromatic carbocycles. The SMILES string of the molecule is O=C(Nc1ccc(I)cc1)c1ccnc(C23CC4CC(CC(C4)C2)C3)c1. The summed E-state index contributed by atoms with van der Waals surface area (Å²) < 4.78 is 1.16. The smallest absolute Gasteiger partial charge is 0.255 e. The Morgan fingerprint density at radius 3 is 2.23 bits per heavy atom. The van der Waals surface area contributed by atoms with Crippen molar-refractivity contribution in [2.45, 2.75) is 43.9 Å². The molecule has 2 aromatic rings. The van der Waals surface area contributed by atoms with Gasteiger partial charge in [-0.2, -0.15) is 0 Å². The fraction of sp³-hybridized carbons (Fsp3) is 0.455. The monoisotopic (exact) mass is 458 g/mol. The molecule has 4 aliphatic rings. The molecule has 4 fully saturated rings. The minimum atomic E-state index is -0.0420. The third-order valence-corrected chi connectivity index (χ3v) is 7.42. The average molecular weight is 458 g/mol. The van der Waals surface area contributed by atoms with Crippen molar-refractivity contribution >= 4 is 34.2 Å². The molecule has 4 saturated carbocycles. The fourth-order valence-corrected chi connectivity index (χ4v) is 6.38. The molecule has 0 saturated heterocycles. The Kier molecular flexibility index (Phi) is 4.07. The predicted octanol–water partition coefficient (Wildman–Crippen LogP) is 5.41. The van der Waals surface area contributed by atoms with E-state index in [1.165, 1.54) is 38.5 Å². The number of nitrogens with zero attached hydrogens (tertiary/aromatic N) is 1. The van der Waals surface area contributed by atoms with Crippen molar-refractivity contribution in [3.05, 3.63) is 57.4 Å². The quantitative estimate of drug-likeness (QED) is 0.626. The fourth-order valence-electron chi connectivity index (χ4n) is 6.02. The van der Waals surface area contributed by atoms with Crippen LogP contribution in [0, 0.1) is 21.3 Å². The van der Waals surface area contributed by atoms with Crippen molar-refractivity contribution in [1.82, 2.24) is 4.98 Å². The second kappa shape index (κ2) is 6.32. The number of aromatic nitrogens is 1. The maximum absolute atomic E-state index is 12.7. The van der Waals surface area contributed by atoms with Gasteiger partial charge < -0.3 is 5.32 Å². The van der Waals surface area contributed by atoms with E-state index < -0.39 is 0 Å². The lowest BCUT2D eigenvalue weighted by Gasteiger charge is -2.56. The molecule has 1 heterocycles. The first-order valence-corrected chi connectivity index (χ1v) is 10.7. The number of halogens is 1. The maximum Gasteiger partial charge on any atom is 0.255 e. The highest BCUT2D eigenvalue weighted by molar-refractivity contribution is 14.1. The van der Waals surface area contributed by atoms with Gasteiger partial charge >= 0.3 is 0 Å². The first-order valence-electron chi connectivity index (χ1n) is 9.63. The molecule has 26 heavy (non-hydrogen) atoms. The lowest BCUT2D eigenvalue weighted by molar-refractivity contribution is -0.00721. The largest absolute Gasteiger partial charge is 0.322 e. The van der Waals surface area contributed by atoms with Crippen molar-refractivity contribution in [2.75, 3.05) is 5.32 Å². The predicted molar refractivity (Wildman–Crippen MR) is 111 cm³/mol. The van der Waals surface area contributed by atoms with Gasteiger partial charge in [0.25, 0.3) is 5.91 Å².